The van der Waals surface area contributed by atoms with Gasteiger partial charge in [-0.15, -0.1) is 0 Å². The van der Waals surface area contributed by atoms with Gasteiger partial charge in [-0.05, 0) is 25.5 Å². The number of nitrogens with zero attached hydrogens (tertiary/aromatic N) is 2. The van der Waals surface area contributed by atoms with Crippen molar-refractivity contribution in [1.82, 2.24) is 9.36 Å². The van der Waals surface area contributed by atoms with Crippen LogP contribution < -0.4 is 11.3 Å². The highest BCUT2D eigenvalue weighted by Crippen LogP contribution is 2.57. The van der Waals surface area contributed by atoms with E-state index in [1.807, 2.05) is 44.3 Å². The Hall–Kier alpha value is -3.07. The van der Waals surface area contributed by atoms with Gasteiger partial charge in [-0.25, -0.2) is 4.68 Å². The first-order valence-electron chi connectivity index (χ1n) is 9.45. The summed E-state index contributed by atoms with van der Waals surface area (Å²) < 4.78 is 8.30. The van der Waals surface area contributed by atoms with Gasteiger partial charge in [0.25, 0.3) is 5.56 Å². The molecule has 3 fully saturated rings. The van der Waals surface area contributed by atoms with Gasteiger partial charge in [0.05, 0.1) is 29.3 Å². The largest absolute Gasteiger partial charge is 0.481 e. The van der Waals surface area contributed by atoms with E-state index in [-0.39, 0.29) is 17.4 Å². The average molecular weight is 401 g/mol. The first-order valence-corrected chi connectivity index (χ1v) is 9.45. The number of carboxylic acid groups (broad SMARTS) is 1. The number of para-hydroxylation sites is 1. The number of aromatic nitrogens is 2. The van der Waals surface area contributed by atoms with E-state index < -0.39 is 36.0 Å². The van der Waals surface area contributed by atoms with Gasteiger partial charge in [-0.1, -0.05) is 18.2 Å². The minimum Gasteiger partial charge on any atom is -0.481 e. The molecule has 0 spiro atoms. The zero-order valence-electron chi connectivity index (χ0n) is 16.1. The molecular formula is C20H23N3O6. The second kappa shape index (κ2) is 6.77. The third-order valence-corrected chi connectivity index (χ3v) is 6.46. The highest BCUT2D eigenvalue weighted by atomic mass is 16.6. The molecule has 0 unspecified atom stereocenters. The number of anilines is 1. The first-order chi connectivity index (χ1) is 13.7. The molecule has 5 rings (SSSR count). The molecule has 2 bridgehead atoms. The average Bonchev–Trinajstić information content (AvgIpc) is 3.36. The molecule has 1 aromatic heterocycles. The number of nitrogen functional groups attached to an aromatic ring is 1. The third-order valence-electron chi connectivity index (χ3n) is 6.46. The molecule has 29 heavy (non-hydrogen) atoms. The summed E-state index contributed by atoms with van der Waals surface area (Å²) in [7, 11) is 1.82. The summed E-state index contributed by atoms with van der Waals surface area (Å²) in [5.74, 6) is -3.03. The van der Waals surface area contributed by atoms with Crippen molar-refractivity contribution in [3.05, 3.63) is 46.4 Å². The molecule has 0 radical (unpaired) electrons. The second-order valence-electron chi connectivity index (χ2n) is 7.82. The van der Waals surface area contributed by atoms with Crippen LogP contribution in [0, 0.1) is 30.6 Å². The molecule has 1 saturated heterocycles. The Morgan fingerprint density at radius 3 is 2.41 bits per heavy atom. The molecule has 1 aliphatic heterocycles. The van der Waals surface area contributed by atoms with Gasteiger partial charge in [0.15, 0.2) is 0 Å². The van der Waals surface area contributed by atoms with E-state index in [1.54, 1.807) is 9.36 Å². The van der Waals surface area contributed by atoms with Crippen LogP contribution in [0.1, 0.15) is 12.1 Å². The standard InChI is InChI=1S/C11H13N3O.C9H10O5/c1-8-10(12)11(15)14(13(8)2)9-6-4-3-5-7-9;10-6-2-1-3-5(4(2)8(11)12)9(13)14-7(3)6/h3-7H,12H2,1-2H3;2-7,10H,1H2,(H,11,12)/t;2-,3+,4-,5+,6-,7-/m.0/s1. The van der Waals surface area contributed by atoms with Crippen LogP contribution in [-0.4, -0.2) is 43.7 Å². The number of carbonyl (C=O) groups is 2. The molecule has 154 valence electrons. The summed E-state index contributed by atoms with van der Waals surface area (Å²) in [6.45, 7) is 1.83. The van der Waals surface area contributed by atoms with E-state index in [0.29, 0.717) is 12.1 Å². The minimum absolute atomic E-state index is 0.0661. The molecule has 3 aliphatic rings. The summed E-state index contributed by atoms with van der Waals surface area (Å²) in [6, 6.07) is 9.44. The number of carboxylic acids is 1. The lowest BCUT2D eigenvalue weighted by Crippen LogP contribution is -2.40. The van der Waals surface area contributed by atoms with E-state index in [1.165, 1.54) is 0 Å². The predicted molar refractivity (Wildman–Crippen MR) is 102 cm³/mol. The zero-order valence-corrected chi connectivity index (χ0v) is 16.1. The molecule has 0 amide bonds. The van der Waals surface area contributed by atoms with Gasteiger partial charge in [-0.2, -0.15) is 0 Å². The monoisotopic (exact) mass is 401 g/mol. The van der Waals surface area contributed by atoms with Crippen LogP contribution in [0.2, 0.25) is 0 Å². The number of aliphatic hydroxyl groups is 1. The predicted octanol–water partition coefficient (Wildman–Crippen LogP) is 0.306. The fourth-order valence-electron chi connectivity index (χ4n) is 4.94. The first kappa shape index (κ1) is 19.3. The molecule has 9 nitrogen and oxygen atoms in total. The lowest BCUT2D eigenvalue weighted by Gasteiger charge is -2.25. The molecule has 9 heteroatoms. The number of hydrogen-bond donors (Lipinski definition) is 3. The molecule has 6 atom stereocenters. The number of fused-ring (bicyclic) bond motifs is 1. The highest BCUT2D eigenvalue weighted by Gasteiger charge is 2.68. The van der Waals surface area contributed by atoms with E-state index in [0.717, 1.165) is 11.4 Å². The summed E-state index contributed by atoms with van der Waals surface area (Å²) in [5, 5.41) is 18.7. The van der Waals surface area contributed by atoms with E-state index >= 15 is 0 Å². The third kappa shape index (κ3) is 2.76. The van der Waals surface area contributed by atoms with Crippen LogP contribution in [0.4, 0.5) is 5.69 Å². The highest BCUT2D eigenvalue weighted by molar-refractivity contribution is 5.85. The fraction of sp³-hybridized carbons (Fsp3) is 0.450. The number of carbonyl (C=O) groups excluding carboxylic acids is 1. The van der Waals surface area contributed by atoms with Crippen molar-refractivity contribution in [1.29, 1.82) is 0 Å². The van der Waals surface area contributed by atoms with Crippen LogP contribution >= 0.6 is 0 Å². The number of ether oxygens (including phenoxy) is 1. The number of benzene rings is 1. The minimum atomic E-state index is -0.987. The van der Waals surface area contributed by atoms with Crippen LogP contribution in [0.15, 0.2) is 35.1 Å². The van der Waals surface area contributed by atoms with Gasteiger partial charge in [0, 0.05) is 18.9 Å². The van der Waals surface area contributed by atoms with E-state index in [9.17, 15) is 19.5 Å². The molecule has 4 N–H and O–H groups in total. The molecular weight excluding hydrogens is 378 g/mol. The van der Waals surface area contributed by atoms with Gasteiger partial charge in [0.1, 0.15) is 11.8 Å². The van der Waals surface area contributed by atoms with Gasteiger partial charge in [-0.3, -0.25) is 19.1 Å². The van der Waals surface area contributed by atoms with Gasteiger partial charge >= 0.3 is 11.9 Å². The number of aliphatic hydroxyl groups excluding tert-OH is 1. The molecule has 2 aliphatic carbocycles. The zero-order chi connectivity index (χ0) is 21.0. The van der Waals surface area contributed by atoms with Crippen molar-refractivity contribution in [2.75, 3.05) is 5.73 Å². The molecule has 1 aromatic carbocycles. The Kier molecular flexibility index (Phi) is 4.49. The smallest absolute Gasteiger partial charge is 0.310 e. The van der Waals surface area contributed by atoms with Crippen LogP contribution in [0.5, 0.6) is 0 Å². The topological polar surface area (TPSA) is 137 Å². The van der Waals surface area contributed by atoms with Crippen molar-refractivity contribution in [2.45, 2.75) is 25.6 Å². The van der Waals surface area contributed by atoms with Crippen LogP contribution in [0.25, 0.3) is 5.69 Å². The van der Waals surface area contributed by atoms with Crippen molar-refractivity contribution in [3.8, 4) is 5.69 Å². The molecule has 2 aromatic rings. The molecule has 2 heterocycles. The Bertz CT molecular complexity index is 1030. The number of hydrogen-bond acceptors (Lipinski definition) is 6. The maximum absolute atomic E-state index is 11.8. The van der Waals surface area contributed by atoms with Crippen molar-refractivity contribution >= 4 is 17.6 Å². The SMILES string of the molecule is Cc1c(N)c(=O)n(-c2ccccc2)n1C.O=C1O[C@@H]2[C@@H](O)[C@H]3C[C@@H]2[C@@H]1[C@H]3C(=O)O. The maximum Gasteiger partial charge on any atom is 0.310 e. The summed E-state index contributed by atoms with van der Waals surface area (Å²) in [6.07, 6.45) is -0.601. The number of aliphatic carboxylic acids is 1. The number of rotatable bonds is 2. The fourth-order valence-corrected chi connectivity index (χ4v) is 4.94. The van der Waals surface area contributed by atoms with Crippen molar-refractivity contribution < 1.29 is 24.5 Å². The molecule has 2 saturated carbocycles. The summed E-state index contributed by atoms with van der Waals surface area (Å²) in [5.41, 5.74) is 7.43. The van der Waals surface area contributed by atoms with Crippen LogP contribution in [0.3, 0.4) is 0 Å². The Labute approximate surface area is 166 Å². The Balaban J connectivity index is 0.000000141. The van der Waals surface area contributed by atoms with Gasteiger partial charge < -0.3 is 20.7 Å². The summed E-state index contributed by atoms with van der Waals surface area (Å²) in [4.78, 5) is 34.1. The van der Waals surface area contributed by atoms with Crippen molar-refractivity contribution in [2.24, 2.45) is 30.7 Å². The lowest BCUT2D eigenvalue weighted by molar-refractivity contribution is -0.151. The number of nitrogens with two attached hydrogens (primary N) is 1. The summed E-state index contributed by atoms with van der Waals surface area (Å²) >= 11 is 0. The normalized spacial score (nSPS) is 31.3. The second-order valence-corrected chi connectivity index (χ2v) is 7.82. The van der Waals surface area contributed by atoms with Crippen molar-refractivity contribution in [3.63, 3.8) is 0 Å². The number of esters is 1. The lowest BCUT2D eigenvalue weighted by atomic mass is 9.79. The Morgan fingerprint density at radius 2 is 1.86 bits per heavy atom. The van der Waals surface area contributed by atoms with Gasteiger partial charge in [0.2, 0.25) is 0 Å². The van der Waals surface area contributed by atoms with Crippen LogP contribution in [-0.2, 0) is 21.4 Å². The Morgan fingerprint density at radius 1 is 1.21 bits per heavy atom. The van der Waals surface area contributed by atoms with E-state index in [2.05, 4.69) is 0 Å². The quantitative estimate of drug-likeness (QED) is 0.616. The van der Waals surface area contributed by atoms with E-state index in [4.69, 9.17) is 15.6 Å². The maximum atomic E-state index is 11.8.